The van der Waals surface area contributed by atoms with Crippen LogP contribution in [0, 0.1) is 11.3 Å². The van der Waals surface area contributed by atoms with Gasteiger partial charge in [0.25, 0.3) is 5.78 Å². The van der Waals surface area contributed by atoms with Crippen molar-refractivity contribution >= 4 is 11.5 Å². The van der Waals surface area contributed by atoms with Gasteiger partial charge in [0.05, 0.1) is 0 Å². The van der Waals surface area contributed by atoms with Crippen LogP contribution in [-0.4, -0.2) is 19.9 Å². The highest BCUT2D eigenvalue weighted by molar-refractivity contribution is 6.07. The van der Waals surface area contributed by atoms with Gasteiger partial charge in [-0.2, -0.15) is 5.26 Å². The second-order valence-corrected chi connectivity index (χ2v) is 2.88. The van der Waals surface area contributed by atoms with Crippen molar-refractivity contribution in [3.63, 3.8) is 0 Å². The molecule has 0 aromatic heterocycles. The maximum atomic E-state index is 10.9. The summed E-state index contributed by atoms with van der Waals surface area (Å²) in [6.07, 6.45) is 0. The molecule has 66 valence electrons. The minimum Gasteiger partial charge on any atom is -0.378 e. The molecule has 0 aliphatic rings. The van der Waals surface area contributed by atoms with Crippen molar-refractivity contribution in [1.29, 1.82) is 5.26 Å². The lowest BCUT2D eigenvalue weighted by Crippen LogP contribution is -2.08. The topological polar surface area (TPSA) is 44.1 Å². The van der Waals surface area contributed by atoms with E-state index in [0.717, 1.165) is 5.69 Å². The summed E-state index contributed by atoms with van der Waals surface area (Å²) in [5.74, 6) is -0.495. The van der Waals surface area contributed by atoms with E-state index in [1.807, 2.05) is 31.1 Å². The molecule has 0 saturated carbocycles. The lowest BCUT2D eigenvalue weighted by Gasteiger charge is -2.11. The summed E-state index contributed by atoms with van der Waals surface area (Å²) in [5, 5.41) is 8.36. The Balaban J connectivity index is 2.95. The van der Waals surface area contributed by atoms with Gasteiger partial charge in [-0.15, -0.1) is 0 Å². The fraction of sp³-hybridized carbons (Fsp3) is 0.200. The molecule has 0 bridgehead atoms. The maximum Gasteiger partial charge on any atom is 0.262 e. The summed E-state index contributed by atoms with van der Waals surface area (Å²) >= 11 is 0. The number of benzene rings is 1. The predicted molar refractivity (Wildman–Crippen MR) is 50.7 cm³/mol. The number of rotatable bonds is 2. The fourth-order valence-corrected chi connectivity index (χ4v) is 0.975. The highest BCUT2D eigenvalue weighted by atomic mass is 16.1. The molecule has 0 fully saturated rings. The second-order valence-electron chi connectivity index (χ2n) is 2.88. The van der Waals surface area contributed by atoms with Gasteiger partial charge in [-0.25, -0.2) is 0 Å². The molecule has 1 aromatic carbocycles. The van der Waals surface area contributed by atoms with E-state index in [0.29, 0.717) is 5.56 Å². The molecule has 0 aliphatic carbocycles. The first-order valence-electron chi connectivity index (χ1n) is 3.87. The van der Waals surface area contributed by atoms with E-state index in [1.54, 1.807) is 18.2 Å². The number of nitrogens with zero attached hydrogens (tertiary/aromatic N) is 2. The zero-order valence-electron chi connectivity index (χ0n) is 7.61. The molecule has 0 unspecified atom stereocenters. The number of anilines is 1. The third-order valence-electron chi connectivity index (χ3n) is 1.75. The summed E-state index contributed by atoms with van der Waals surface area (Å²) in [7, 11) is 3.84. The Morgan fingerprint density at radius 3 is 2.23 bits per heavy atom. The molecular weight excluding hydrogens is 164 g/mol. The predicted octanol–water partition coefficient (Wildman–Crippen LogP) is 1.46. The Kier molecular flexibility index (Phi) is 2.65. The zero-order valence-corrected chi connectivity index (χ0v) is 7.61. The van der Waals surface area contributed by atoms with Crippen molar-refractivity contribution in [2.24, 2.45) is 0 Å². The maximum absolute atomic E-state index is 10.9. The van der Waals surface area contributed by atoms with E-state index in [9.17, 15) is 4.79 Å². The van der Waals surface area contributed by atoms with Gasteiger partial charge < -0.3 is 4.90 Å². The highest BCUT2D eigenvalue weighted by Gasteiger charge is 2.03. The Morgan fingerprint density at radius 2 is 1.85 bits per heavy atom. The number of ketones is 1. The van der Waals surface area contributed by atoms with E-state index in [2.05, 4.69) is 0 Å². The minimum atomic E-state index is -0.495. The van der Waals surface area contributed by atoms with E-state index >= 15 is 0 Å². The SMILES string of the molecule is CN(C)c1ccc(C(=O)C#N)cc1. The monoisotopic (exact) mass is 174 g/mol. The van der Waals surface area contributed by atoms with Gasteiger partial charge in [-0.3, -0.25) is 4.79 Å². The van der Waals surface area contributed by atoms with Gasteiger partial charge in [-0.1, -0.05) is 0 Å². The summed E-state index contributed by atoms with van der Waals surface area (Å²) in [5.41, 5.74) is 1.45. The Bertz CT molecular complexity index is 346. The number of carbonyl (C=O) groups is 1. The van der Waals surface area contributed by atoms with Crippen molar-refractivity contribution in [3.05, 3.63) is 29.8 Å². The van der Waals surface area contributed by atoms with Crippen molar-refractivity contribution in [3.8, 4) is 6.07 Å². The first kappa shape index (κ1) is 9.27. The van der Waals surface area contributed by atoms with Gasteiger partial charge in [0, 0.05) is 25.3 Å². The van der Waals surface area contributed by atoms with Crippen LogP contribution in [0.1, 0.15) is 10.4 Å². The average molecular weight is 174 g/mol. The van der Waals surface area contributed by atoms with Crippen LogP contribution in [0.25, 0.3) is 0 Å². The molecule has 0 N–H and O–H groups in total. The second kappa shape index (κ2) is 3.72. The smallest absolute Gasteiger partial charge is 0.262 e. The van der Waals surface area contributed by atoms with Crippen LogP contribution in [0.15, 0.2) is 24.3 Å². The molecule has 0 radical (unpaired) electrons. The van der Waals surface area contributed by atoms with Crippen LogP contribution in [-0.2, 0) is 0 Å². The highest BCUT2D eigenvalue weighted by Crippen LogP contribution is 2.12. The van der Waals surface area contributed by atoms with Gasteiger partial charge >= 0.3 is 0 Å². The Morgan fingerprint density at radius 1 is 1.31 bits per heavy atom. The van der Waals surface area contributed by atoms with E-state index in [1.165, 1.54) is 0 Å². The molecule has 0 saturated heterocycles. The molecule has 13 heavy (non-hydrogen) atoms. The van der Waals surface area contributed by atoms with Gasteiger partial charge in [0.15, 0.2) is 0 Å². The molecule has 3 heteroatoms. The van der Waals surface area contributed by atoms with Crippen LogP contribution in [0.3, 0.4) is 0 Å². The fourth-order valence-electron chi connectivity index (χ4n) is 0.975. The Hall–Kier alpha value is -1.82. The lowest BCUT2D eigenvalue weighted by molar-refractivity contribution is 0.105. The summed E-state index contributed by atoms with van der Waals surface area (Å²) in [4.78, 5) is 12.9. The molecule has 1 aromatic rings. The third-order valence-corrected chi connectivity index (χ3v) is 1.75. The molecule has 3 nitrogen and oxygen atoms in total. The van der Waals surface area contributed by atoms with Crippen molar-refractivity contribution in [2.45, 2.75) is 0 Å². The lowest BCUT2D eigenvalue weighted by atomic mass is 10.1. The van der Waals surface area contributed by atoms with Crippen LogP contribution in [0.5, 0.6) is 0 Å². The third kappa shape index (κ3) is 2.06. The molecule has 0 atom stereocenters. The molecule has 1 rings (SSSR count). The van der Waals surface area contributed by atoms with Gasteiger partial charge in [-0.05, 0) is 24.3 Å². The van der Waals surface area contributed by atoms with Crippen LogP contribution in [0.4, 0.5) is 5.69 Å². The summed E-state index contributed by atoms with van der Waals surface area (Å²) in [6.45, 7) is 0. The first-order valence-corrected chi connectivity index (χ1v) is 3.87. The molecule has 0 heterocycles. The molecular formula is C10H10N2O. The minimum absolute atomic E-state index is 0.438. The van der Waals surface area contributed by atoms with E-state index in [-0.39, 0.29) is 0 Å². The van der Waals surface area contributed by atoms with Crippen molar-refractivity contribution < 1.29 is 4.79 Å². The Labute approximate surface area is 77.2 Å². The van der Waals surface area contributed by atoms with Gasteiger partial charge in [0.1, 0.15) is 6.07 Å². The standard InChI is InChI=1S/C10H10N2O/c1-12(2)9-5-3-8(4-6-9)10(13)7-11/h3-6H,1-2H3. The number of hydrogen-bond donors (Lipinski definition) is 0. The first-order chi connectivity index (χ1) is 6.15. The number of carbonyl (C=O) groups excluding carboxylic acids is 1. The quantitative estimate of drug-likeness (QED) is 0.503. The molecule has 0 spiro atoms. The normalized spacial score (nSPS) is 9.00. The summed E-state index contributed by atoms with van der Waals surface area (Å²) < 4.78 is 0. The number of hydrogen-bond acceptors (Lipinski definition) is 3. The average Bonchev–Trinajstić information content (AvgIpc) is 2.17. The molecule has 0 amide bonds. The molecule has 0 aliphatic heterocycles. The number of nitriles is 1. The van der Waals surface area contributed by atoms with E-state index in [4.69, 9.17) is 5.26 Å². The van der Waals surface area contributed by atoms with Crippen LogP contribution < -0.4 is 4.90 Å². The summed E-state index contributed by atoms with van der Waals surface area (Å²) in [6, 6.07) is 8.50. The van der Waals surface area contributed by atoms with E-state index < -0.39 is 5.78 Å². The van der Waals surface area contributed by atoms with Crippen LogP contribution in [0.2, 0.25) is 0 Å². The van der Waals surface area contributed by atoms with Gasteiger partial charge in [0.2, 0.25) is 0 Å². The van der Waals surface area contributed by atoms with Crippen LogP contribution >= 0.6 is 0 Å². The number of Topliss-reactive ketones (excluding diaryl/α,β-unsaturated/α-hetero) is 1. The van der Waals surface area contributed by atoms with Crippen molar-refractivity contribution in [1.82, 2.24) is 0 Å². The zero-order chi connectivity index (χ0) is 9.84. The largest absolute Gasteiger partial charge is 0.378 e. The van der Waals surface area contributed by atoms with Crippen molar-refractivity contribution in [2.75, 3.05) is 19.0 Å².